The van der Waals surface area contributed by atoms with Gasteiger partial charge in [0.05, 0.1) is 27.9 Å². The van der Waals surface area contributed by atoms with E-state index in [1.54, 1.807) is 0 Å². The molecule has 65 heavy (non-hydrogen) atoms. The summed E-state index contributed by atoms with van der Waals surface area (Å²) in [6.07, 6.45) is 4.03. The van der Waals surface area contributed by atoms with Gasteiger partial charge < -0.3 is 4.57 Å². The van der Waals surface area contributed by atoms with Crippen molar-refractivity contribution in [1.29, 1.82) is 0 Å². The Balaban J connectivity index is 1.00. The molecule has 13 rings (SSSR count). The zero-order valence-electron chi connectivity index (χ0n) is 36.2. The maximum atomic E-state index is 5.65. The number of benzene rings is 9. The summed E-state index contributed by atoms with van der Waals surface area (Å²) in [6, 6.07) is 80.6. The van der Waals surface area contributed by atoms with E-state index < -0.39 is 5.41 Å². The van der Waals surface area contributed by atoms with Crippen LogP contribution in [0.15, 0.2) is 235 Å². The minimum absolute atomic E-state index is 0.400. The van der Waals surface area contributed by atoms with Crippen molar-refractivity contribution in [3.8, 4) is 39.1 Å². The predicted octanol–water partition coefficient (Wildman–Crippen LogP) is 15.9. The van der Waals surface area contributed by atoms with Crippen LogP contribution in [0.2, 0.25) is 0 Å². The molecule has 3 aliphatic rings. The molecule has 0 saturated heterocycles. The number of fused-ring (bicyclic) bond motifs is 13. The van der Waals surface area contributed by atoms with Crippen molar-refractivity contribution < 1.29 is 0 Å². The van der Waals surface area contributed by atoms with Crippen LogP contribution in [-0.4, -0.2) is 10.3 Å². The summed E-state index contributed by atoms with van der Waals surface area (Å²) in [7, 11) is 0. The third kappa shape index (κ3) is 5.63. The highest BCUT2D eigenvalue weighted by molar-refractivity contribution is 6.16. The standard InChI is InChI=1S/C63H44N2/c1-2-41-36-47(43-20-7-4-8-21-43)38-59(45-34-32-44(33-35-45)42-18-5-3-6-19-42)64-62(41)46-22-17-23-48(37-46)65-60-31-16-12-27-52(60)54-39-58-53(40-61(54)65)51-26-11-15-30-57(51)63(58)55-28-13-9-24-49(55)50-25-10-14-29-56(50)63/h3-35,37-40H,2,36H2,1H3. The highest BCUT2D eigenvalue weighted by Gasteiger charge is 2.51. The predicted molar refractivity (Wildman–Crippen MR) is 272 cm³/mol. The first kappa shape index (κ1) is 37.5. The molecule has 306 valence electrons. The Bertz CT molecular complexity index is 3590. The molecule has 10 aromatic rings. The van der Waals surface area contributed by atoms with E-state index in [2.05, 4.69) is 236 Å². The van der Waals surface area contributed by atoms with Crippen LogP contribution in [0.3, 0.4) is 0 Å². The van der Waals surface area contributed by atoms with E-state index >= 15 is 0 Å². The number of nitrogens with zero attached hydrogens (tertiary/aromatic N) is 2. The van der Waals surface area contributed by atoms with Crippen LogP contribution in [0.4, 0.5) is 0 Å². The average Bonchev–Trinajstić information content (AvgIpc) is 3.91. The molecule has 0 unspecified atom stereocenters. The van der Waals surface area contributed by atoms with Crippen molar-refractivity contribution in [2.45, 2.75) is 25.2 Å². The molecule has 0 bridgehead atoms. The second-order valence-corrected chi connectivity index (χ2v) is 17.7. The summed E-state index contributed by atoms with van der Waals surface area (Å²) < 4.78 is 2.49. The Morgan fingerprint density at radius 3 is 1.66 bits per heavy atom. The Morgan fingerprint density at radius 2 is 0.985 bits per heavy atom. The normalized spacial score (nSPS) is 14.5. The average molecular weight is 829 g/mol. The second-order valence-electron chi connectivity index (χ2n) is 17.7. The summed E-state index contributed by atoms with van der Waals surface area (Å²) in [4.78, 5) is 5.65. The zero-order valence-corrected chi connectivity index (χ0v) is 36.2. The Kier molecular flexibility index (Phi) is 8.51. The molecule has 1 aliphatic heterocycles. The van der Waals surface area contributed by atoms with Gasteiger partial charge in [0.15, 0.2) is 0 Å². The van der Waals surface area contributed by atoms with Gasteiger partial charge in [-0.15, -0.1) is 0 Å². The lowest BCUT2D eigenvalue weighted by molar-refractivity contribution is 0.795. The molecule has 0 atom stereocenters. The van der Waals surface area contributed by atoms with Gasteiger partial charge in [-0.05, 0) is 122 Å². The molecule has 2 nitrogen and oxygen atoms in total. The van der Waals surface area contributed by atoms with Gasteiger partial charge in [-0.3, -0.25) is 0 Å². The molecule has 0 N–H and O–H groups in total. The maximum Gasteiger partial charge on any atom is 0.0725 e. The van der Waals surface area contributed by atoms with Gasteiger partial charge >= 0.3 is 0 Å². The molecule has 0 amide bonds. The van der Waals surface area contributed by atoms with Crippen LogP contribution in [0.1, 0.15) is 58.7 Å². The molecule has 1 aromatic heterocycles. The van der Waals surface area contributed by atoms with Crippen molar-refractivity contribution in [1.82, 2.24) is 4.57 Å². The van der Waals surface area contributed by atoms with Gasteiger partial charge in [-0.1, -0.05) is 195 Å². The van der Waals surface area contributed by atoms with Gasteiger partial charge in [-0.2, -0.15) is 0 Å². The minimum atomic E-state index is -0.400. The summed E-state index contributed by atoms with van der Waals surface area (Å²) in [6.45, 7) is 2.27. The molecular formula is C63H44N2. The van der Waals surface area contributed by atoms with E-state index in [9.17, 15) is 0 Å². The van der Waals surface area contributed by atoms with Gasteiger partial charge in [0, 0.05) is 27.6 Å². The number of rotatable bonds is 6. The second kappa shape index (κ2) is 14.8. The molecule has 0 radical (unpaired) electrons. The van der Waals surface area contributed by atoms with E-state index in [0.29, 0.717) is 0 Å². The molecular weight excluding hydrogens is 785 g/mol. The fourth-order valence-electron chi connectivity index (χ4n) is 11.4. The molecule has 1 spiro atoms. The van der Waals surface area contributed by atoms with Crippen LogP contribution >= 0.6 is 0 Å². The zero-order chi connectivity index (χ0) is 43.1. The molecule has 2 heterocycles. The molecule has 0 saturated carbocycles. The molecule has 2 aliphatic carbocycles. The Morgan fingerprint density at radius 1 is 0.431 bits per heavy atom. The van der Waals surface area contributed by atoms with Crippen molar-refractivity contribution >= 4 is 38.8 Å². The number of hydrogen-bond acceptors (Lipinski definition) is 1. The number of aromatic nitrogens is 1. The van der Waals surface area contributed by atoms with Crippen molar-refractivity contribution in [3.63, 3.8) is 0 Å². The lowest BCUT2D eigenvalue weighted by Crippen LogP contribution is -2.25. The monoisotopic (exact) mass is 828 g/mol. The van der Waals surface area contributed by atoms with Crippen molar-refractivity contribution in [2.24, 2.45) is 4.99 Å². The topological polar surface area (TPSA) is 17.3 Å². The minimum Gasteiger partial charge on any atom is -0.309 e. The third-order valence-electron chi connectivity index (χ3n) is 14.3. The maximum absolute atomic E-state index is 5.65. The quantitative estimate of drug-likeness (QED) is 0.159. The van der Waals surface area contributed by atoms with E-state index in [0.717, 1.165) is 41.1 Å². The van der Waals surface area contributed by atoms with Crippen LogP contribution in [0.25, 0.3) is 72.1 Å². The molecule has 2 heteroatoms. The van der Waals surface area contributed by atoms with Crippen LogP contribution < -0.4 is 0 Å². The summed E-state index contributed by atoms with van der Waals surface area (Å²) >= 11 is 0. The summed E-state index contributed by atoms with van der Waals surface area (Å²) in [5, 5.41) is 2.51. The fourth-order valence-corrected chi connectivity index (χ4v) is 11.4. The van der Waals surface area contributed by atoms with Gasteiger partial charge in [-0.25, -0.2) is 4.99 Å². The summed E-state index contributed by atoms with van der Waals surface area (Å²) in [5.41, 5.74) is 24.3. The first-order valence-corrected chi connectivity index (χ1v) is 22.9. The number of para-hydroxylation sites is 1. The van der Waals surface area contributed by atoms with E-state index in [1.807, 2.05) is 0 Å². The highest BCUT2D eigenvalue weighted by Crippen LogP contribution is 2.63. The Hall–Kier alpha value is -8.07. The van der Waals surface area contributed by atoms with Crippen LogP contribution in [0, 0.1) is 0 Å². The molecule has 0 fully saturated rings. The first-order chi connectivity index (χ1) is 32.2. The van der Waals surface area contributed by atoms with Gasteiger partial charge in [0.2, 0.25) is 0 Å². The van der Waals surface area contributed by atoms with E-state index in [4.69, 9.17) is 4.99 Å². The number of aliphatic imine (C=N–C) groups is 1. The van der Waals surface area contributed by atoms with Crippen LogP contribution in [0.5, 0.6) is 0 Å². The lowest BCUT2D eigenvalue weighted by Gasteiger charge is -2.30. The van der Waals surface area contributed by atoms with Crippen molar-refractivity contribution in [2.75, 3.05) is 0 Å². The number of hydrogen-bond donors (Lipinski definition) is 0. The third-order valence-corrected chi connectivity index (χ3v) is 14.3. The van der Waals surface area contributed by atoms with E-state index in [1.165, 1.54) is 94.2 Å². The smallest absolute Gasteiger partial charge is 0.0725 e. The molecule has 9 aromatic carbocycles. The lowest BCUT2D eigenvalue weighted by atomic mass is 9.70. The Labute approximate surface area is 379 Å². The summed E-state index contributed by atoms with van der Waals surface area (Å²) in [5.74, 6) is 0. The fraction of sp³-hybridized carbons (Fsp3) is 0.0635. The van der Waals surface area contributed by atoms with Gasteiger partial charge in [0.25, 0.3) is 0 Å². The number of allylic oxidation sites excluding steroid dienone is 3. The first-order valence-electron chi connectivity index (χ1n) is 22.9. The van der Waals surface area contributed by atoms with Crippen molar-refractivity contribution in [3.05, 3.63) is 269 Å². The van der Waals surface area contributed by atoms with E-state index in [-0.39, 0.29) is 0 Å². The largest absolute Gasteiger partial charge is 0.309 e. The van der Waals surface area contributed by atoms with Crippen LogP contribution in [-0.2, 0) is 5.41 Å². The SMILES string of the molecule is CCC1=C(c2cccc(-n3c4ccccc4c4cc5c(cc43)-c3ccccc3C53c4ccccc4-c4ccccc43)c2)N=C(c2ccc(-c3ccccc3)cc2)C=C(c2ccccc2)C1. The highest BCUT2D eigenvalue weighted by atomic mass is 15.0. The van der Waals surface area contributed by atoms with Gasteiger partial charge in [0.1, 0.15) is 0 Å².